The van der Waals surface area contributed by atoms with Crippen LogP contribution in [0.3, 0.4) is 0 Å². The van der Waals surface area contributed by atoms with Gasteiger partial charge >= 0.3 is 6.18 Å². The topological polar surface area (TPSA) is 97.4 Å². The van der Waals surface area contributed by atoms with Crippen molar-refractivity contribution in [1.82, 2.24) is 19.4 Å². The molecule has 3 heterocycles. The number of hydrogen-bond donors (Lipinski definition) is 1. The van der Waals surface area contributed by atoms with Crippen molar-refractivity contribution in [3.05, 3.63) is 58.0 Å². The lowest BCUT2D eigenvalue weighted by Gasteiger charge is -2.35. The zero-order valence-corrected chi connectivity index (χ0v) is 19.4. The third-order valence-electron chi connectivity index (χ3n) is 5.79. The molecule has 4 rings (SSSR count). The standard InChI is InChI=1S/C21H18Cl2F4N6O2/c1-2-14(34)31-3-5-32(6-4-31)19-10-7-13(21(25,26)27)33(20(35)17(10)29-9-30-19)18-15(24)11(22)8-12(23)16(18)28/h2,7-9,12,16H,1,3-6,28H2. The van der Waals surface area contributed by atoms with Crippen LogP contribution in [0, 0.1) is 0 Å². The number of anilines is 1. The van der Waals surface area contributed by atoms with Crippen LogP contribution in [0.2, 0.25) is 0 Å². The lowest BCUT2D eigenvalue weighted by atomic mass is 10.0. The van der Waals surface area contributed by atoms with E-state index in [0.29, 0.717) is 6.07 Å². The van der Waals surface area contributed by atoms with Gasteiger partial charge in [-0.1, -0.05) is 18.2 Å². The molecule has 2 aliphatic rings. The zero-order chi connectivity index (χ0) is 25.7. The number of carbonyl (C=O) groups excluding carboxylic acids is 1. The molecule has 0 aromatic carbocycles. The number of allylic oxidation sites excluding steroid dienone is 2. The van der Waals surface area contributed by atoms with Gasteiger partial charge in [-0.15, -0.1) is 11.6 Å². The van der Waals surface area contributed by atoms with Gasteiger partial charge in [0.1, 0.15) is 23.4 Å². The Hall–Kier alpha value is -2.96. The molecule has 0 bridgehead atoms. The average molecular weight is 533 g/mol. The lowest BCUT2D eigenvalue weighted by molar-refractivity contribution is -0.142. The second-order valence-electron chi connectivity index (χ2n) is 7.83. The molecule has 0 saturated carbocycles. The smallest absolute Gasteiger partial charge is 0.352 e. The number of pyridine rings is 1. The quantitative estimate of drug-likeness (QED) is 0.371. The Bertz CT molecular complexity index is 1330. The highest BCUT2D eigenvalue weighted by atomic mass is 35.5. The maximum Gasteiger partial charge on any atom is 0.431 e. The van der Waals surface area contributed by atoms with Gasteiger partial charge in [0.2, 0.25) is 5.91 Å². The van der Waals surface area contributed by atoms with E-state index >= 15 is 0 Å². The number of hydrogen-bond acceptors (Lipinski definition) is 6. The Labute approximate surface area is 205 Å². The first-order valence-corrected chi connectivity index (χ1v) is 11.1. The summed E-state index contributed by atoms with van der Waals surface area (Å²) in [7, 11) is 0. The Morgan fingerprint density at radius 2 is 1.89 bits per heavy atom. The fraction of sp³-hybridized carbons (Fsp3) is 0.333. The molecule has 186 valence electrons. The predicted molar refractivity (Wildman–Crippen MR) is 124 cm³/mol. The Morgan fingerprint density at radius 3 is 2.49 bits per heavy atom. The lowest BCUT2D eigenvalue weighted by Crippen LogP contribution is -2.48. The molecule has 1 amide bonds. The molecule has 1 fully saturated rings. The highest BCUT2D eigenvalue weighted by molar-refractivity contribution is 6.34. The van der Waals surface area contributed by atoms with Gasteiger partial charge in [0, 0.05) is 26.2 Å². The van der Waals surface area contributed by atoms with E-state index in [0.717, 1.165) is 12.4 Å². The van der Waals surface area contributed by atoms with Gasteiger partial charge in [0.15, 0.2) is 5.83 Å². The van der Waals surface area contributed by atoms with Crippen LogP contribution in [0.5, 0.6) is 0 Å². The molecular weight excluding hydrogens is 515 g/mol. The average Bonchev–Trinajstić information content (AvgIpc) is 2.82. The summed E-state index contributed by atoms with van der Waals surface area (Å²) in [5.41, 5.74) is 1.96. The number of aromatic nitrogens is 3. The number of piperazine rings is 1. The first kappa shape index (κ1) is 25.1. The fourth-order valence-electron chi connectivity index (χ4n) is 4.06. The Kier molecular flexibility index (Phi) is 6.64. The summed E-state index contributed by atoms with van der Waals surface area (Å²) < 4.78 is 57.6. The van der Waals surface area contributed by atoms with Crippen LogP contribution in [-0.2, 0) is 11.0 Å². The van der Waals surface area contributed by atoms with Crippen LogP contribution in [0.1, 0.15) is 5.69 Å². The summed E-state index contributed by atoms with van der Waals surface area (Å²) in [6, 6.07) is -0.817. The van der Waals surface area contributed by atoms with Crippen molar-refractivity contribution in [2.75, 3.05) is 31.1 Å². The Balaban J connectivity index is 1.91. The third kappa shape index (κ3) is 4.41. The van der Waals surface area contributed by atoms with E-state index in [4.69, 9.17) is 28.9 Å². The second kappa shape index (κ2) is 9.25. The largest absolute Gasteiger partial charge is 0.431 e. The minimum atomic E-state index is -5.09. The van der Waals surface area contributed by atoms with Gasteiger partial charge < -0.3 is 15.5 Å². The van der Waals surface area contributed by atoms with Gasteiger partial charge in [-0.05, 0) is 18.2 Å². The minimum Gasteiger partial charge on any atom is -0.352 e. The normalized spacial score (nSPS) is 21.4. The monoisotopic (exact) mass is 532 g/mol. The molecule has 0 radical (unpaired) electrons. The van der Waals surface area contributed by atoms with Crippen molar-refractivity contribution < 1.29 is 22.4 Å². The van der Waals surface area contributed by atoms with Crippen molar-refractivity contribution in [1.29, 1.82) is 0 Å². The number of amides is 1. The maximum atomic E-state index is 14.9. The van der Waals surface area contributed by atoms with Crippen molar-refractivity contribution >= 4 is 51.5 Å². The van der Waals surface area contributed by atoms with Gasteiger partial charge in [0.05, 0.1) is 27.5 Å². The molecular formula is C21H18Cl2F4N6O2. The van der Waals surface area contributed by atoms with Gasteiger partial charge in [-0.2, -0.15) is 13.2 Å². The van der Waals surface area contributed by atoms with Gasteiger partial charge in [0.25, 0.3) is 5.56 Å². The van der Waals surface area contributed by atoms with E-state index in [9.17, 15) is 27.2 Å². The number of carbonyl (C=O) groups is 1. The molecule has 2 aromatic rings. The molecule has 2 aromatic heterocycles. The Morgan fingerprint density at radius 1 is 1.23 bits per heavy atom. The van der Waals surface area contributed by atoms with E-state index in [-0.39, 0.29) is 53.4 Å². The van der Waals surface area contributed by atoms with E-state index in [1.807, 2.05) is 0 Å². The van der Waals surface area contributed by atoms with E-state index in [2.05, 4.69) is 16.5 Å². The summed E-state index contributed by atoms with van der Waals surface area (Å²) in [4.78, 5) is 36.3. The highest BCUT2D eigenvalue weighted by Gasteiger charge is 2.40. The number of nitrogens with two attached hydrogens (primary N) is 1. The highest BCUT2D eigenvalue weighted by Crippen LogP contribution is 2.38. The van der Waals surface area contributed by atoms with Crippen molar-refractivity contribution in [3.63, 3.8) is 0 Å². The minimum absolute atomic E-state index is 0.0750. The molecule has 2 atom stereocenters. The first-order chi connectivity index (χ1) is 16.5. The summed E-state index contributed by atoms with van der Waals surface area (Å²) in [6.45, 7) is 4.47. The number of rotatable bonds is 3. The van der Waals surface area contributed by atoms with Crippen molar-refractivity contribution in [2.24, 2.45) is 5.73 Å². The SMILES string of the molecule is C=CC(=O)N1CCN(c2ncnc3c(=O)n(C4=C(F)C(Cl)=CC(Cl)C4N)c(C(F)(F)F)cc23)CC1. The number of nitrogens with zero attached hydrogens (tertiary/aromatic N) is 5. The second-order valence-corrected chi connectivity index (χ2v) is 8.74. The molecule has 1 saturated heterocycles. The van der Waals surface area contributed by atoms with Crippen LogP contribution in [0.25, 0.3) is 16.6 Å². The van der Waals surface area contributed by atoms with E-state index < -0.39 is 45.4 Å². The number of alkyl halides is 4. The fourth-order valence-corrected chi connectivity index (χ4v) is 4.60. The maximum absolute atomic E-state index is 14.9. The summed E-state index contributed by atoms with van der Waals surface area (Å²) in [5, 5.41) is -1.90. The summed E-state index contributed by atoms with van der Waals surface area (Å²) in [5.74, 6) is -1.49. The molecule has 8 nitrogen and oxygen atoms in total. The molecule has 14 heteroatoms. The zero-order valence-electron chi connectivity index (χ0n) is 17.9. The molecule has 1 aliphatic heterocycles. The van der Waals surface area contributed by atoms with Crippen LogP contribution in [0.15, 0.2) is 46.8 Å². The van der Waals surface area contributed by atoms with Crippen LogP contribution in [-0.4, -0.2) is 62.9 Å². The van der Waals surface area contributed by atoms with E-state index in [1.54, 1.807) is 4.90 Å². The van der Waals surface area contributed by atoms with Crippen LogP contribution >= 0.6 is 23.2 Å². The van der Waals surface area contributed by atoms with Gasteiger partial charge in [-0.25, -0.2) is 14.4 Å². The molecule has 2 unspecified atom stereocenters. The van der Waals surface area contributed by atoms with Crippen molar-refractivity contribution in [2.45, 2.75) is 17.6 Å². The van der Waals surface area contributed by atoms with Crippen LogP contribution in [0.4, 0.5) is 23.4 Å². The number of halogens is 6. The number of fused-ring (bicyclic) bond motifs is 1. The van der Waals surface area contributed by atoms with E-state index in [1.165, 1.54) is 11.0 Å². The summed E-state index contributed by atoms with van der Waals surface area (Å²) >= 11 is 11.8. The molecule has 35 heavy (non-hydrogen) atoms. The van der Waals surface area contributed by atoms with Crippen LogP contribution < -0.4 is 16.2 Å². The predicted octanol–water partition coefficient (Wildman–Crippen LogP) is 2.85. The summed E-state index contributed by atoms with van der Waals surface area (Å²) in [6.07, 6.45) is -1.84. The first-order valence-electron chi connectivity index (χ1n) is 10.3. The molecule has 1 aliphatic carbocycles. The van der Waals surface area contributed by atoms with Crippen molar-refractivity contribution in [3.8, 4) is 0 Å². The molecule has 0 spiro atoms. The van der Waals surface area contributed by atoms with Gasteiger partial charge in [-0.3, -0.25) is 14.2 Å². The molecule has 2 N–H and O–H groups in total. The third-order valence-corrected chi connectivity index (χ3v) is 6.48.